The van der Waals surface area contributed by atoms with Gasteiger partial charge in [0, 0.05) is 5.41 Å². The van der Waals surface area contributed by atoms with E-state index in [4.69, 9.17) is 0 Å². The van der Waals surface area contributed by atoms with Crippen molar-refractivity contribution < 1.29 is 9.59 Å². The van der Waals surface area contributed by atoms with E-state index in [1.165, 1.54) is 11.8 Å². The highest BCUT2D eigenvalue weighted by atomic mass is 32.2. The molecule has 1 aromatic carbocycles. The lowest BCUT2D eigenvalue weighted by Crippen LogP contribution is -2.32. The minimum Gasteiger partial charge on any atom is -0.299 e. The first kappa shape index (κ1) is 16.0. The molecule has 0 aliphatic rings. The number of carbonyl (C=O) groups is 2. The Kier molecular flexibility index (Phi) is 5.80. The number of Topliss-reactive ketones (excluding diaryl/α,β-unsaturated/α-hetero) is 2. The quantitative estimate of drug-likeness (QED) is 0.798. The van der Waals surface area contributed by atoms with Crippen LogP contribution in [0.25, 0.3) is 0 Å². The van der Waals surface area contributed by atoms with Gasteiger partial charge in [0.05, 0.1) is 11.0 Å². The van der Waals surface area contributed by atoms with Crippen LogP contribution in [0.5, 0.6) is 0 Å². The molecule has 1 aromatic rings. The first-order valence-electron chi connectivity index (χ1n) is 6.50. The van der Waals surface area contributed by atoms with Gasteiger partial charge in [0.1, 0.15) is 5.78 Å². The third-order valence-electron chi connectivity index (χ3n) is 2.78. The van der Waals surface area contributed by atoms with Gasteiger partial charge in [-0.05, 0) is 18.9 Å². The van der Waals surface area contributed by atoms with Gasteiger partial charge in [-0.1, -0.05) is 51.1 Å². The SMILES string of the molecule is CC(=O)CSC(Cc1ccccc1)C(=O)C(C)(C)C. The molecule has 1 atom stereocenters. The molecule has 0 aromatic heterocycles. The standard InChI is InChI=1S/C16H22O2S/c1-12(17)11-19-14(15(18)16(2,3)4)10-13-8-6-5-7-9-13/h5-9,14H,10-11H2,1-4H3. The highest BCUT2D eigenvalue weighted by molar-refractivity contribution is 8.01. The van der Waals surface area contributed by atoms with Crippen LogP contribution in [0.3, 0.4) is 0 Å². The summed E-state index contributed by atoms with van der Waals surface area (Å²) in [6.07, 6.45) is 0.689. The first-order chi connectivity index (χ1) is 8.80. The molecule has 1 rings (SSSR count). The van der Waals surface area contributed by atoms with Crippen LogP contribution in [-0.4, -0.2) is 22.6 Å². The number of hydrogen-bond donors (Lipinski definition) is 0. The van der Waals surface area contributed by atoms with E-state index in [-0.39, 0.29) is 22.2 Å². The summed E-state index contributed by atoms with van der Waals surface area (Å²) < 4.78 is 0. The molecule has 0 radical (unpaired) electrons. The van der Waals surface area contributed by atoms with Crippen LogP contribution in [0.1, 0.15) is 33.3 Å². The van der Waals surface area contributed by atoms with E-state index < -0.39 is 0 Å². The minimum atomic E-state index is -0.372. The smallest absolute Gasteiger partial charge is 0.151 e. The van der Waals surface area contributed by atoms with Crippen LogP contribution in [0, 0.1) is 5.41 Å². The third-order valence-corrected chi connectivity index (χ3v) is 4.14. The summed E-state index contributed by atoms with van der Waals surface area (Å²) >= 11 is 1.46. The molecule has 0 fully saturated rings. The Labute approximate surface area is 120 Å². The molecule has 1 unspecified atom stereocenters. The number of benzene rings is 1. The normalized spacial score (nSPS) is 13.1. The zero-order chi connectivity index (χ0) is 14.5. The Morgan fingerprint density at radius 3 is 2.21 bits per heavy atom. The van der Waals surface area contributed by atoms with Crippen molar-refractivity contribution in [1.29, 1.82) is 0 Å². The lowest BCUT2D eigenvalue weighted by Gasteiger charge is -2.24. The molecule has 0 saturated carbocycles. The molecule has 19 heavy (non-hydrogen) atoms. The van der Waals surface area contributed by atoms with Crippen molar-refractivity contribution in [2.45, 2.75) is 39.4 Å². The summed E-state index contributed by atoms with van der Waals surface area (Å²) in [5.41, 5.74) is 0.768. The van der Waals surface area contributed by atoms with Crippen LogP contribution in [0.15, 0.2) is 30.3 Å². The van der Waals surface area contributed by atoms with Gasteiger partial charge in [-0.3, -0.25) is 9.59 Å². The van der Waals surface area contributed by atoms with Crippen LogP contribution in [0.4, 0.5) is 0 Å². The van der Waals surface area contributed by atoms with Crippen molar-refractivity contribution in [3.05, 3.63) is 35.9 Å². The van der Waals surface area contributed by atoms with E-state index in [9.17, 15) is 9.59 Å². The summed E-state index contributed by atoms with van der Waals surface area (Å²) in [4.78, 5) is 23.6. The summed E-state index contributed by atoms with van der Waals surface area (Å²) in [6.45, 7) is 7.36. The fourth-order valence-corrected chi connectivity index (χ4v) is 3.01. The van der Waals surface area contributed by atoms with Crippen molar-refractivity contribution in [1.82, 2.24) is 0 Å². The second-order valence-electron chi connectivity index (χ2n) is 5.81. The molecule has 3 heteroatoms. The van der Waals surface area contributed by atoms with Crippen LogP contribution in [0.2, 0.25) is 0 Å². The highest BCUT2D eigenvalue weighted by Gasteiger charge is 2.30. The number of carbonyl (C=O) groups excluding carboxylic acids is 2. The maximum atomic E-state index is 12.4. The zero-order valence-corrected chi connectivity index (χ0v) is 12.9. The van der Waals surface area contributed by atoms with E-state index in [1.54, 1.807) is 6.92 Å². The van der Waals surface area contributed by atoms with E-state index in [1.807, 2.05) is 51.1 Å². The molecule has 2 nitrogen and oxygen atoms in total. The monoisotopic (exact) mass is 278 g/mol. The lowest BCUT2D eigenvalue weighted by atomic mass is 9.87. The molecular formula is C16H22O2S. The first-order valence-corrected chi connectivity index (χ1v) is 7.55. The van der Waals surface area contributed by atoms with Gasteiger partial charge in [-0.2, -0.15) is 0 Å². The summed E-state index contributed by atoms with van der Waals surface area (Å²) in [5, 5.41) is -0.147. The van der Waals surface area contributed by atoms with Gasteiger partial charge in [0.25, 0.3) is 0 Å². The molecular weight excluding hydrogens is 256 g/mol. The average Bonchev–Trinajstić information content (AvgIpc) is 2.33. The fourth-order valence-electron chi connectivity index (χ4n) is 1.76. The predicted octanol–water partition coefficient (Wildman–Crippen LogP) is 3.54. The summed E-state index contributed by atoms with van der Waals surface area (Å²) in [5.74, 6) is 0.728. The molecule has 0 N–H and O–H groups in total. The highest BCUT2D eigenvalue weighted by Crippen LogP contribution is 2.26. The number of rotatable bonds is 6. The Bertz CT molecular complexity index is 432. The maximum absolute atomic E-state index is 12.4. The second-order valence-corrected chi connectivity index (χ2v) is 7.00. The van der Waals surface area contributed by atoms with Crippen molar-refractivity contribution >= 4 is 23.3 Å². The zero-order valence-electron chi connectivity index (χ0n) is 12.1. The minimum absolute atomic E-state index is 0.116. The van der Waals surface area contributed by atoms with Crippen LogP contribution in [-0.2, 0) is 16.0 Å². The molecule has 0 aliphatic heterocycles. The molecule has 0 amide bonds. The largest absolute Gasteiger partial charge is 0.299 e. The van der Waals surface area contributed by atoms with Crippen molar-refractivity contribution in [2.75, 3.05) is 5.75 Å². The van der Waals surface area contributed by atoms with Gasteiger partial charge in [0.2, 0.25) is 0 Å². The Balaban J connectivity index is 2.80. The van der Waals surface area contributed by atoms with E-state index >= 15 is 0 Å². The maximum Gasteiger partial charge on any atom is 0.151 e. The van der Waals surface area contributed by atoms with E-state index in [0.717, 1.165) is 5.56 Å². The summed E-state index contributed by atoms with van der Waals surface area (Å²) in [7, 11) is 0. The van der Waals surface area contributed by atoms with Gasteiger partial charge in [0.15, 0.2) is 5.78 Å². The van der Waals surface area contributed by atoms with Crippen molar-refractivity contribution in [3.63, 3.8) is 0 Å². The number of hydrogen-bond acceptors (Lipinski definition) is 3. The molecule has 104 valence electrons. The third kappa shape index (κ3) is 5.60. The van der Waals surface area contributed by atoms with Gasteiger partial charge in [-0.25, -0.2) is 0 Å². The Morgan fingerprint density at radius 2 is 1.74 bits per heavy atom. The fraction of sp³-hybridized carbons (Fsp3) is 0.500. The van der Waals surface area contributed by atoms with E-state index in [0.29, 0.717) is 12.2 Å². The van der Waals surface area contributed by atoms with Crippen molar-refractivity contribution in [3.8, 4) is 0 Å². The van der Waals surface area contributed by atoms with Gasteiger partial charge in [-0.15, -0.1) is 11.8 Å². The number of ketones is 2. The Hall–Kier alpha value is -1.09. The average molecular weight is 278 g/mol. The number of thioether (sulfide) groups is 1. The molecule has 0 aliphatic carbocycles. The van der Waals surface area contributed by atoms with Crippen LogP contribution >= 0.6 is 11.8 Å². The topological polar surface area (TPSA) is 34.1 Å². The van der Waals surface area contributed by atoms with Gasteiger partial charge >= 0.3 is 0 Å². The lowest BCUT2D eigenvalue weighted by molar-refractivity contribution is -0.125. The molecule has 0 spiro atoms. The van der Waals surface area contributed by atoms with Crippen molar-refractivity contribution in [2.24, 2.45) is 5.41 Å². The molecule has 0 saturated heterocycles. The van der Waals surface area contributed by atoms with Gasteiger partial charge < -0.3 is 0 Å². The second kappa shape index (κ2) is 6.90. The Morgan fingerprint density at radius 1 is 1.16 bits per heavy atom. The predicted molar refractivity (Wildman–Crippen MR) is 81.5 cm³/mol. The van der Waals surface area contributed by atoms with E-state index in [2.05, 4.69) is 0 Å². The molecule has 0 heterocycles. The summed E-state index contributed by atoms with van der Waals surface area (Å²) in [6, 6.07) is 9.97. The molecule has 0 bridgehead atoms. The van der Waals surface area contributed by atoms with Crippen LogP contribution < -0.4 is 0 Å².